The Morgan fingerprint density at radius 1 is 1.53 bits per heavy atom. The van der Waals surface area contributed by atoms with E-state index in [4.69, 9.17) is 9.84 Å². The molecule has 0 saturated carbocycles. The van der Waals surface area contributed by atoms with Gasteiger partial charge in [-0.2, -0.15) is 0 Å². The lowest BCUT2D eigenvalue weighted by atomic mass is 10.3. The fourth-order valence-corrected chi connectivity index (χ4v) is 2.09. The first-order chi connectivity index (χ1) is 7.96. The van der Waals surface area contributed by atoms with E-state index in [0.717, 1.165) is 18.9 Å². The first kappa shape index (κ1) is 13.8. The molecule has 1 unspecified atom stereocenters. The number of amidine groups is 1. The minimum Gasteiger partial charge on any atom is -0.480 e. The van der Waals surface area contributed by atoms with Gasteiger partial charge in [0.15, 0.2) is 11.6 Å². The van der Waals surface area contributed by atoms with Crippen molar-refractivity contribution in [2.24, 2.45) is 4.99 Å². The van der Waals surface area contributed by atoms with Crippen LogP contribution in [0.15, 0.2) is 4.99 Å². The van der Waals surface area contributed by atoms with Crippen LogP contribution in [0.4, 0.5) is 0 Å². The van der Waals surface area contributed by atoms with Crippen LogP contribution in [-0.4, -0.2) is 66.6 Å². The molecule has 1 aliphatic heterocycles. The molecule has 6 heteroatoms. The van der Waals surface area contributed by atoms with Crippen LogP contribution in [0.1, 0.15) is 13.8 Å². The molecule has 96 valence electrons. The molecule has 0 radical (unpaired) electrons. The Morgan fingerprint density at radius 3 is 2.71 bits per heavy atom. The lowest BCUT2D eigenvalue weighted by Gasteiger charge is -2.32. The SMILES string of the molecule is CC(=O)C[N+]1(CCOCC(=O)O)CCN=C1C. The molecule has 0 bridgehead atoms. The topological polar surface area (TPSA) is 76.0 Å². The number of ketones is 1. The summed E-state index contributed by atoms with van der Waals surface area (Å²) < 4.78 is 5.54. The summed E-state index contributed by atoms with van der Waals surface area (Å²) in [5.41, 5.74) is 0. The highest BCUT2D eigenvalue weighted by atomic mass is 16.5. The Bertz CT molecular complexity index is 340. The molecule has 0 saturated heterocycles. The van der Waals surface area contributed by atoms with E-state index < -0.39 is 5.97 Å². The van der Waals surface area contributed by atoms with Crippen molar-refractivity contribution in [1.29, 1.82) is 0 Å². The number of hydrogen-bond donors (Lipinski definition) is 1. The van der Waals surface area contributed by atoms with E-state index in [1.54, 1.807) is 6.92 Å². The Kier molecular flexibility index (Phi) is 4.77. The standard InChI is InChI=1S/C11H18N2O4/c1-9(14)7-13(4-3-12-10(13)2)5-6-17-8-11(15)16/h3-8H2,1-2H3/p+1. The molecule has 6 nitrogen and oxygen atoms in total. The van der Waals surface area contributed by atoms with Crippen molar-refractivity contribution < 1.29 is 23.9 Å². The van der Waals surface area contributed by atoms with Crippen LogP contribution in [0, 0.1) is 0 Å². The average Bonchev–Trinajstić information content (AvgIpc) is 2.55. The van der Waals surface area contributed by atoms with Crippen LogP contribution < -0.4 is 0 Å². The summed E-state index contributed by atoms with van der Waals surface area (Å²) >= 11 is 0. The van der Waals surface area contributed by atoms with Crippen molar-refractivity contribution in [1.82, 2.24) is 0 Å². The van der Waals surface area contributed by atoms with E-state index in [2.05, 4.69) is 4.99 Å². The quantitative estimate of drug-likeness (QED) is 0.501. The molecule has 1 rings (SSSR count). The van der Waals surface area contributed by atoms with Crippen molar-refractivity contribution in [2.45, 2.75) is 13.8 Å². The lowest BCUT2D eigenvalue weighted by molar-refractivity contribution is -0.827. The van der Waals surface area contributed by atoms with Gasteiger partial charge >= 0.3 is 5.97 Å². The summed E-state index contributed by atoms with van der Waals surface area (Å²) in [6.45, 7) is 6.02. The predicted molar refractivity (Wildman–Crippen MR) is 62.0 cm³/mol. The first-order valence-corrected chi connectivity index (χ1v) is 5.63. The Labute approximate surface area is 100 Å². The van der Waals surface area contributed by atoms with Crippen molar-refractivity contribution in [2.75, 3.05) is 39.4 Å². The summed E-state index contributed by atoms with van der Waals surface area (Å²) in [7, 11) is 0. The summed E-state index contributed by atoms with van der Waals surface area (Å²) in [6, 6.07) is 0. The van der Waals surface area contributed by atoms with E-state index in [1.807, 2.05) is 6.92 Å². The van der Waals surface area contributed by atoms with Gasteiger partial charge in [0.25, 0.3) is 0 Å². The van der Waals surface area contributed by atoms with Crippen LogP contribution >= 0.6 is 0 Å². The minimum absolute atomic E-state index is 0.111. The van der Waals surface area contributed by atoms with Crippen molar-refractivity contribution in [3.8, 4) is 0 Å². The van der Waals surface area contributed by atoms with Gasteiger partial charge in [-0.3, -0.25) is 9.28 Å². The zero-order valence-electron chi connectivity index (χ0n) is 10.3. The summed E-state index contributed by atoms with van der Waals surface area (Å²) in [6.07, 6.45) is 0. The maximum absolute atomic E-state index is 11.3. The van der Waals surface area contributed by atoms with E-state index in [1.165, 1.54) is 0 Å². The molecular formula is C11H19N2O4+. The maximum atomic E-state index is 11.3. The first-order valence-electron chi connectivity index (χ1n) is 5.63. The number of aliphatic carboxylic acids is 1. The Balaban J connectivity index is 2.51. The minimum atomic E-state index is -0.977. The second-order valence-electron chi connectivity index (χ2n) is 4.33. The highest BCUT2D eigenvalue weighted by Gasteiger charge is 2.36. The molecule has 0 aromatic carbocycles. The molecule has 1 heterocycles. The van der Waals surface area contributed by atoms with Gasteiger partial charge in [0.1, 0.15) is 26.2 Å². The van der Waals surface area contributed by atoms with Crippen LogP contribution in [0.2, 0.25) is 0 Å². The maximum Gasteiger partial charge on any atom is 0.329 e. The van der Waals surface area contributed by atoms with Gasteiger partial charge in [0.05, 0.1) is 13.2 Å². The van der Waals surface area contributed by atoms with Crippen LogP contribution in [-0.2, 0) is 14.3 Å². The number of nitrogens with zero attached hydrogens (tertiary/aromatic N) is 2. The fourth-order valence-electron chi connectivity index (χ4n) is 2.09. The van der Waals surface area contributed by atoms with Gasteiger partial charge in [0.2, 0.25) is 0 Å². The third-order valence-corrected chi connectivity index (χ3v) is 2.97. The second kappa shape index (κ2) is 5.88. The van der Waals surface area contributed by atoms with Gasteiger partial charge in [-0.25, -0.2) is 9.79 Å². The van der Waals surface area contributed by atoms with E-state index in [0.29, 0.717) is 24.2 Å². The predicted octanol–water partition coefficient (Wildman–Crippen LogP) is -0.0746. The molecule has 1 atom stereocenters. The highest BCUT2D eigenvalue weighted by Crippen LogP contribution is 2.15. The fraction of sp³-hybridized carbons (Fsp3) is 0.727. The monoisotopic (exact) mass is 243 g/mol. The number of carboxylic acids is 1. The zero-order chi connectivity index (χ0) is 12.9. The molecule has 0 fully saturated rings. The van der Waals surface area contributed by atoms with Crippen LogP contribution in [0.5, 0.6) is 0 Å². The number of aliphatic imine (C=N–C) groups is 1. The average molecular weight is 243 g/mol. The lowest BCUT2D eigenvalue weighted by Crippen LogP contribution is -2.54. The third-order valence-electron chi connectivity index (χ3n) is 2.97. The largest absolute Gasteiger partial charge is 0.480 e. The third kappa shape index (κ3) is 3.90. The molecule has 17 heavy (non-hydrogen) atoms. The van der Waals surface area contributed by atoms with Gasteiger partial charge < -0.3 is 9.84 Å². The second-order valence-corrected chi connectivity index (χ2v) is 4.33. The smallest absolute Gasteiger partial charge is 0.329 e. The number of quaternary nitrogens is 1. The number of hydrogen-bond acceptors (Lipinski definition) is 4. The molecule has 1 aliphatic rings. The molecule has 0 aliphatic carbocycles. The van der Waals surface area contributed by atoms with Gasteiger partial charge in [0, 0.05) is 13.8 Å². The number of carboxylic acid groups (broad SMARTS) is 1. The Morgan fingerprint density at radius 2 is 2.24 bits per heavy atom. The molecule has 0 amide bonds. The van der Waals surface area contributed by atoms with E-state index in [9.17, 15) is 9.59 Å². The van der Waals surface area contributed by atoms with Gasteiger partial charge in [-0.15, -0.1) is 0 Å². The number of carbonyl (C=O) groups excluding carboxylic acids is 1. The number of carbonyl (C=O) groups is 2. The molecule has 0 aromatic rings. The van der Waals surface area contributed by atoms with E-state index >= 15 is 0 Å². The molecule has 0 spiro atoms. The Hall–Kier alpha value is -1.27. The highest BCUT2D eigenvalue weighted by molar-refractivity contribution is 5.81. The number of ether oxygens (including phenoxy) is 1. The van der Waals surface area contributed by atoms with Crippen molar-refractivity contribution in [3.63, 3.8) is 0 Å². The van der Waals surface area contributed by atoms with Gasteiger partial charge in [-0.1, -0.05) is 0 Å². The van der Waals surface area contributed by atoms with Crippen molar-refractivity contribution in [3.05, 3.63) is 0 Å². The number of rotatable bonds is 7. The van der Waals surface area contributed by atoms with E-state index in [-0.39, 0.29) is 12.4 Å². The normalized spacial score (nSPS) is 23.5. The molecular weight excluding hydrogens is 224 g/mol. The molecule has 0 aromatic heterocycles. The molecule has 1 N–H and O–H groups in total. The summed E-state index contributed by atoms with van der Waals surface area (Å²) in [5.74, 6) is 0.0636. The zero-order valence-corrected chi connectivity index (χ0v) is 10.3. The summed E-state index contributed by atoms with van der Waals surface area (Å²) in [5, 5.41) is 8.46. The van der Waals surface area contributed by atoms with Crippen LogP contribution in [0.25, 0.3) is 0 Å². The van der Waals surface area contributed by atoms with Crippen LogP contribution in [0.3, 0.4) is 0 Å². The van der Waals surface area contributed by atoms with Crippen molar-refractivity contribution >= 4 is 17.6 Å². The number of Topliss-reactive ketones (excluding diaryl/α,β-unsaturated/α-hetero) is 1. The summed E-state index contributed by atoms with van der Waals surface area (Å²) in [4.78, 5) is 25.9. The van der Waals surface area contributed by atoms with Gasteiger partial charge in [-0.05, 0) is 0 Å².